The van der Waals surface area contributed by atoms with Crippen molar-refractivity contribution in [1.29, 1.82) is 0 Å². The molecule has 6 atom stereocenters. The van der Waals surface area contributed by atoms with Crippen LogP contribution in [-0.4, -0.2) is 96.7 Å². The van der Waals surface area contributed by atoms with Gasteiger partial charge in [0.1, 0.15) is 19.3 Å². The molecule has 0 saturated heterocycles. The molecule has 0 aliphatic heterocycles. The zero-order valence-electron chi connectivity index (χ0n) is 69.7. The second-order valence-electron chi connectivity index (χ2n) is 32.0. The third kappa shape index (κ3) is 78.7. The third-order valence-electron chi connectivity index (χ3n) is 20.8. The predicted molar refractivity (Wildman–Crippen MR) is 437 cm³/mol. The number of aliphatic hydroxyl groups is 1. The van der Waals surface area contributed by atoms with Crippen LogP contribution in [0.2, 0.25) is 0 Å². The van der Waals surface area contributed by atoms with Crippen LogP contribution in [0.25, 0.3) is 0 Å². The van der Waals surface area contributed by atoms with E-state index in [1.807, 2.05) is 0 Å². The first kappa shape index (κ1) is 104. The highest BCUT2D eigenvalue weighted by molar-refractivity contribution is 7.47. The summed E-state index contributed by atoms with van der Waals surface area (Å²) in [4.78, 5) is 73.3. The Kier molecular flexibility index (Phi) is 76.9. The molecule has 0 heterocycles. The Hall–Kier alpha value is -1.94. The van der Waals surface area contributed by atoms with Gasteiger partial charge in [-0.05, 0) is 37.5 Å². The molecule has 0 aliphatic rings. The average molecular weight is 1550 g/mol. The number of ether oxygens (including phenoxy) is 4. The molecule has 0 saturated carbocycles. The van der Waals surface area contributed by atoms with E-state index in [2.05, 4.69) is 41.5 Å². The minimum absolute atomic E-state index is 0.108. The fourth-order valence-corrected chi connectivity index (χ4v) is 15.1. The molecule has 0 aliphatic carbocycles. The van der Waals surface area contributed by atoms with E-state index in [0.29, 0.717) is 25.7 Å². The molecular formula is C87H170O17P2. The quantitative estimate of drug-likeness (QED) is 0.0222. The van der Waals surface area contributed by atoms with E-state index in [-0.39, 0.29) is 25.7 Å². The summed E-state index contributed by atoms with van der Waals surface area (Å²) in [5, 5.41) is 10.7. The predicted octanol–water partition coefficient (Wildman–Crippen LogP) is 26.6. The van der Waals surface area contributed by atoms with Crippen LogP contribution < -0.4 is 0 Å². The molecule has 0 bridgehead atoms. The summed E-state index contributed by atoms with van der Waals surface area (Å²) in [6.07, 6.45) is 70.8. The molecule has 17 nitrogen and oxygen atoms in total. The van der Waals surface area contributed by atoms with Crippen molar-refractivity contribution in [1.82, 2.24) is 0 Å². The van der Waals surface area contributed by atoms with Crippen molar-refractivity contribution < 1.29 is 80.2 Å². The average Bonchev–Trinajstić information content (AvgIpc) is 0.900. The van der Waals surface area contributed by atoms with Gasteiger partial charge in [-0.2, -0.15) is 0 Å². The maximum atomic E-state index is 13.2. The first-order valence-electron chi connectivity index (χ1n) is 45.0. The first-order chi connectivity index (χ1) is 51.4. The monoisotopic (exact) mass is 1550 g/mol. The van der Waals surface area contributed by atoms with Gasteiger partial charge in [0.2, 0.25) is 0 Å². The maximum absolute atomic E-state index is 13.2. The van der Waals surface area contributed by atoms with Gasteiger partial charge in [0.15, 0.2) is 12.2 Å². The number of carbonyl (C=O) groups excluding carboxylic acids is 4. The van der Waals surface area contributed by atoms with E-state index in [0.717, 1.165) is 102 Å². The van der Waals surface area contributed by atoms with Crippen LogP contribution in [0.5, 0.6) is 0 Å². The summed E-state index contributed by atoms with van der Waals surface area (Å²) in [7, 11) is -9.93. The normalized spacial score (nSPS) is 14.1. The molecule has 0 rings (SSSR count). The molecule has 0 aromatic heterocycles. The van der Waals surface area contributed by atoms with Gasteiger partial charge in [-0.15, -0.1) is 0 Å². The molecule has 0 amide bonds. The maximum Gasteiger partial charge on any atom is 0.472 e. The zero-order chi connectivity index (χ0) is 77.8. The number of unbranched alkanes of at least 4 members (excludes halogenated alkanes) is 55. The van der Waals surface area contributed by atoms with Crippen LogP contribution in [0.4, 0.5) is 0 Å². The summed E-state index contributed by atoms with van der Waals surface area (Å²) in [5.74, 6) is -0.516. The Morgan fingerprint density at radius 3 is 0.717 bits per heavy atom. The highest BCUT2D eigenvalue weighted by Crippen LogP contribution is 2.45. The van der Waals surface area contributed by atoms with Gasteiger partial charge in [-0.3, -0.25) is 37.3 Å². The second kappa shape index (κ2) is 78.3. The summed E-state index contributed by atoms with van der Waals surface area (Å²) in [5.41, 5.74) is 0. The number of hydrogen-bond donors (Lipinski definition) is 3. The summed E-state index contributed by atoms with van der Waals surface area (Å²) < 4.78 is 69.0. The van der Waals surface area contributed by atoms with Crippen molar-refractivity contribution in [3.63, 3.8) is 0 Å². The SMILES string of the molecule is CCCCCCCCCCCCCCCCCCCCCCCC(=O)O[C@H](COC(=O)CCCCCCCCCCCCCCCCCC(C)C)COP(=O)(O)OC[C@@H](O)COP(=O)(O)OC[C@@H](COC(=O)CCCCCCCCCCC(C)CC)OC(=O)CCCCCCCCCCCCCCCCC. The lowest BCUT2D eigenvalue weighted by Gasteiger charge is -2.21. The zero-order valence-corrected chi connectivity index (χ0v) is 71.5. The number of esters is 4. The van der Waals surface area contributed by atoms with Gasteiger partial charge in [-0.1, -0.05) is 414 Å². The largest absolute Gasteiger partial charge is 0.472 e. The van der Waals surface area contributed by atoms with Crippen LogP contribution >= 0.6 is 15.6 Å². The van der Waals surface area contributed by atoms with E-state index in [1.165, 1.54) is 283 Å². The molecule has 630 valence electrons. The Morgan fingerprint density at radius 2 is 0.481 bits per heavy atom. The highest BCUT2D eigenvalue weighted by Gasteiger charge is 2.30. The molecule has 0 fully saturated rings. The van der Waals surface area contributed by atoms with Crippen molar-refractivity contribution in [2.24, 2.45) is 11.8 Å². The fourth-order valence-electron chi connectivity index (χ4n) is 13.6. The van der Waals surface area contributed by atoms with Gasteiger partial charge in [0.05, 0.1) is 26.4 Å². The van der Waals surface area contributed by atoms with Crippen LogP contribution in [0.3, 0.4) is 0 Å². The fraction of sp³-hybridized carbons (Fsp3) is 0.954. The smallest absolute Gasteiger partial charge is 0.462 e. The molecule has 0 spiro atoms. The lowest BCUT2D eigenvalue weighted by molar-refractivity contribution is -0.161. The van der Waals surface area contributed by atoms with E-state index in [9.17, 15) is 43.2 Å². The first-order valence-corrected chi connectivity index (χ1v) is 48.0. The van der Waals surface area contributed by atoms with Gasteiger partial charge in [0.25, 0.3) is 0 Å². The molecule has 0 radical (unpaired) electrons. The number of carbonyl (C=O) groups is 4. The Labute approximate surface area is 651 Å². The molecule has 3 N–H and O–H groups in total. The third-order valence-corrected chi connectivity index (χ3v) is 22.7. The van der Waals surface area contributed by atoms with E-state index < -0.39 is 97.5 Å². The van der Waals surface area contributed by atoms with Crippen LogP contribution in [0.1, 0.15) is 465 Å². The van der Waals surface area contributed by atoms with Crippen molar-refractivity contribution in [2.45, 2.75) is 484 Å². The van der Waals surface area contributed by atoms with Gasteiger partial charge < -0.3 is 33.8 Å². The summed E-state index contributed by atoms with van der Waals surface area (Å²) in [6, 6.07) is 0. The molecule has 0 aromatic rings. The lowest BCUT2D eigenvalue weighted by atomic mass is 9.99. The van der Waals surface area contributed by atoms with Crippen molar-refractivity contribution in [3.8, 4) is 0 Å². The van der Waals surface area contributed by atoms with E-state index >= 15 is 0 Å². The molecule has 3 unspecified atom stereocenters. The standard InChI is InChI=1S/C87H170O17P2/c1-7-10-12-14-16-18-20-22-24-25-26-27-28-29-33-38-42-46-54-60-66-72-86(91)103-82(75-97-84(89)69-63-57-51-44-40-36-34-30-32-35-39-43-49-55-61-67-79(4)5)77-101-105(93,94)99-73-81(88)74-100-106(95,96)102-78-83(76-98-85(90)70-64-58-52-48-47-50-56-62-68-80(6)9-3)104-87(92)71-65-59-53-45-41-37-31-23-21-19-17-15-13-11-8-2/h79-83,88H,7-78H2,1-6H3,(H,93,94)(H,95,96)/t80?,81-,82-,83-/m1/s1. The van der Waals surface area contributed by atoms with E-state index in [4.69, 9.17) is 37.0 Å². The number of rotatable bonds is 86. The molecular weight excluding hydrogens is 1380 g/mol. The minimum Gasteiger partial charge on any atom is -0.462 e. The van der Waals surface area contributed by atoms with Crippen LogP contribution in [-0.2, 0) is 65.4 Å². The van der Waals surface area contributed by atoms with Gasteiger partial charge in [0, 0.05) is 25.7 Å². The van der Waals surface area contributed by atoms with Crippen LogP contribution in [0, 0.1) is 11.8 Å². The molecule has 106 heavy (non-hydrogen) atoms. The number of phosphoric acid groups is 2. The lowest BCUT2D eigenvalue weighted by Crippen LogP contribution is -2.30. The number of aliphatic hydroxyl groups excluding tert-OH is 1. The Morgan fingerprint density at radius 1 is 0.274 bits per heavy atom. The second-order valence-corrected chi connectivity index (χ2v) is 34.9. The van der Waals surface area contributed by atoms with Crippen molar-refractivity contribution >= 4 is 39.5 Å². The highest BCUT2D eigenvalue weighted by atomic mass is 31.2. The van der Waals surface area contributed by atoms with Crippen molar-refractivity contribution in [2.75, 3.05) is 39.6 Å². The number of hydrogen-bond acceptors (Lipinski definition) is 15. The Balaban J connectivity index is 5.25. The van der Waals surface area contributed by atoms with Crippen LogP contribution in [0.15, 0.2) is 0 Å². The molecule has 0 aromatic carbocycles. The minimum atomic E-state index is -4.97. The summed E-state index contributed by atoms with van der Waals surface area (Å²) in [6.45, 7) is 9.71. The topological polar surface area (TPSA) is 237 Å². The van der Waals surface area contributed by atoms with Crippen molar-refractivity contribution in [3.05, 3.63) is 0 Å². The summed E-state index contributed by atoms with van der Waals surface area (Å²) >= 11 is 0. The van der Waals surface area contributed by atoms with Gasteiger partial charge >= 0.3 is 39.5 Å². The Bertz CT molecular complexity index is 2030. The van der Waals surface area contributed by atoms with E-state index in [1.54, 1.807) is 0 Å². The molecule has 19 heteroatoms. The number of phosphoric ester groups is 2. The van der Waals surface area contributed by atoms with Gasteiger partial charge in [-0.25, -0.2) is 9.13 Å².